The topological polar surface area (TPSA) is 85.2 Å². The van der Waals surface area contributed by atoms with E-state index in [2.05, 4.69) is 4.99 Å². The maximum Gasteiger partial charge on any atom is 0.344 e. The lowest BCUT2D eigenvalue weighted by atomic mass is 10.2. The van der Waals surface area contributed by atoms with Crippen LogP contribution in [0.2, 0.25) is 0 Å². The molecular formula is C19H19NO5. The zero-order valence-electron chi connectivity index (χ0n) is 14.0. The molecule has 0 bridgehead atoms. The summed E-state index contributed by atoms with van der Waals surface area (Å²) in [4.78, 5) is 26.7. The first-order valence-electron chi connectivity index (χ1n) is 7.80. The minimum atomic E-state index is -1.02. The Labute approximate surface area is 145 Å². The van der Waals surface area contributed by atoms with Crippen molar-refractivity contribution >= 4 is 23.8 Å². The van der Waals surface area contributed by atoms with Gasteiger partial charge in [-0.2, -0.15) is 0 Å². The molecule has 2 rings (SSSR count). The minimum Gasteiger partial charge on any atom is -0.479 e. The van der Waals surface area contributed by atoms with Crippen molar-refractivity contribution in [1.29, 1.82) is 0 Å². The molecule has 6 heteroatoms. The molecule has 0 fully saturated rings. The van der Waals surface area contributed by atoms with E-state index < -0.39 is 12.1 Å². The lowest BCUT2D eigenvalue weighted by Crippen LogP contribution is -2.22. The third-order valence-corrected chi connectivity index (χ3v) is 3.28. The van der Waals surface area contributed by atoms with Crippen LogP contribution >= 0.6 is 0 Å². The van der Waals surface area contributed by atoms with E-state index in [1.54, 1.807) is 61.7 Å². The number of carboxylic acid groups (broad SMARTS) is 1. The summed E-state index contributed by atoms with van der Waals surface area (Å²) in [6.07, 6.45) is 0.765. The minimum absolute atomic E-state index is 0.337. The van der Waals surface area contributed by atoms with Gasteiger partial charge in [0.2, 0.25) is 0 Å². The van der Waals surface area contributed by atoms with Gasteiger partial charge in [0, 0.05) is 6.21 Å². The molecule has 0 spiro atoms. The molecule has 1 atom stereocenters. The van der Waals surface area contributed by atoms with Crippen molar-refractivity contribution in [3.8, 4) is 5.75 Å². The van der Waals surface area contributed by atoms with E-state index in [0.717, 1.165) is 5.56 Å². The van der Waals surface area contributed by atoms with E-state index in [-0.39, 0.29) is 5.97 Å². The number of hydrogen-bond donors (Lipinski definition) is 1. The van der Waals surface area contributed by atoms with Crippen LogP contribution in [0.15, 0.2) is 53.5 Å². The second kappa shape index (κ2) is 8.63. The van der Waals surface area contributed by atoms with Crippen LogP contribution in [-0.4, -0.2) is 36.0 Å². The number of esters is 1. The molecular weight excluding hydrogens is 322 g/mol. The molecule has 0 aliphatic carbocycles. The van der Waals surface area contributed by atoms with Gasteiger partial charge in [0.05, 0.1) is 17.9 Å². The molecule has 0 radical (unpaired) electrons. The van der Waals surface area contributed by atoms with Gasteiger partial charge in [0.15, 0.2) is 6.10 Å². The van der Waals surface area contributed by atoms with Gasteiger partial charge in [-0.15, -0.1) is 0 Å². The molecule has 0 aliphatic rings. The van der Waals surface area contributed by atoms with Crippen molar-refractivity contribution in [2.75, 3.05) is 6.61 Å². The SMILES string of the molecule is CCOC(=O)c1ccc(N=Cc2ccc(O[C@@H](C)C(=O)O)cc2)cc1. The molecule has 0 saturated heterocycles. The van der Waals surface area contributed by atoms with Crippen LogP contribution < -0.4 is 4.74 Å². The van der Waals surface area contributed by atoms with Crippen molar-refractivity contribution in [2.45, 2.75) is 20.0 Å². The molecule has 25 heavy (non-hydrogen) atoms. The third-order valence-electron chi connectivity index (χ3n) is 3.28. The number of carbonyl (C=O) groups excluding carboxylic acids is 1. The maximum atomic E-state index is 11.6. The molecule has 2 aromatic rings. The van der Waals surface area contributed by atoms with E-state index in [4.69, 9.17) is 14.6 Å². The van der Waals surface area contributed by atoms with Gasteiger partial charge >= 0.3 is 11.9 Å². The highest BCUT2D eigenvalue weighted by Gasteiger charge is 2.11. The first-order valence-corrected chi connectivity index (χ1v) is 7.80. The molecule has 0 saturated carbocycles. The Hall–Kier alpha value is -3.15. The van der Waals surface area contributed by atoms with E-state index in [9.17, 15) is 9.59 Å². The van der Waals surface area contributed by atoms with Crippen LogP contribution in [0.25, 0.3) is 0 Å². The highest BCUT2D eigenvalue weighted by molar-refractivity contribution is 5.90. The van der Waals surface area contributed by atoms with Gasteiger partial charge < -0.3 is 14.6 Å². The van der Waals surface area contributed by atoms with Crippen LogP contribution in [0.5, 0.6) is 5.75 Å². The van der Waals surface area contributed by atoms with Crippen molar-refractivity contribution in [1.82, 2.24) is 0 Å². The Bertz CT molecular complexity index is 750. The molecule has 0 unspecified atom stereocenters. The number of carbonyl (C=O) groups is 2. The fourth-order valence-electron chi connectivity index (χ4n) is 1.93. The van der Waals surface area contributed by atoms with Crippen molar-refractivity contribution in [2.24, 2.45) is 4.99 Å². The summed E-state index contributed by atoms with van der Waals surface area (Å²) in [5, 5.41) is 8.82. The average Bonchev–Trinajstić information content (AvgIpc) is 2.61. The largest absolute Gasteiger partial charge is 0.479 e. The first-order chi connectivity index (χ1) is 12.0. The Morgan fingerprint density at radius 3 is 2.32 bits per heavy atom. The van der Waals surface area contributed by atoms with Crippen molar-refractivity contribution in [3.05, 3.63) is 59.7 Å². The summed E-state index contributed by atoms with van der Waals surface area (Å²) in [6.45, 7) is 3.57. The second-order valence-corrected chi connectivity index (χ2v) is 5.19. The molecule has 2 aromatic carbocycles. The Morgan fingerprint density at radius 2 is 1.76 bits per heavy atom. The average molecular weight is 341 g/mol. The van der Waals surface area contributed by atoms with Gasteiger partial charge in [-0.3, -0.25) is 4.99 Å². The summed E-state index contributed by atoms with van der Waals surface area (Å²) in [5.74, 6) is -0.896. The second-order valence-electron chi connectivity index (χ2n) is 5.19. The van der Waals surface area contributed by atoms with Gasteiger partial charge in [0.25, 0.3) is 0 Å². The highest BCUT2D eigenvalue weighted by atomic mass is 16.5. The standard InChI is InChI=1S/C19H19NO5/c1-3-24-19(23)15-6-8-16(9-7-15)20-12-14-4-10-17(11-5-14)25-13(2)18(21)22/h4-13H,3H2,1-2H3,(H,21,22)/t13-/m0/s1. The van der Waals surface area contributed by atoms with Gasteiger partial charge in [-0.25, -0.2) is 9.59 Å². The summed E-state index contributed by atoms with van der Waals surface area (Å²) in [5.41, 5.74) is 2.02. The first kappa shape index (κ1) is 18.2. The van der Waals surface area contributed by atoms with Gasteiger partial charge in [-0.05, 0) is 67.9 Å². The van der Waals surface area contributed by atoms with Gasteiger partial charge in [-0.1, -0.05) is 0 Å². The summed E-state index contributed by atoms with van der Waals surface area (Å²) in [6, 6.07) is 13.7. The van der Waals surface area contributed by atoms with E-state index in [1.165, 1.54) is 6.92 Å². The lowest BCUT2D eigenvalue weighted by molar-refractivity contribution is -0.144. The molecule has 0 amide bonds. The Kier molecular flexibility index (Phi) is 6.28. The number of carboxylic acids is 1. The number of nitrogens with zero attached hydrogens (tertiary/aromatic N) is 1. The molecule has 6 nitrogen and oxygen atoms in total. The Balaban J connectivity index is 1.99. The third kappa shape index (κ3) is 5.46. The van der Waals surface area contributed by atoms with Crippen LogP contribution in [-0.2, 0) is 9.53 Å². The highest BCUT2D eigenvalue weighted by Crippen LogP contribution is 2.16. The van der Waals surface area contributed by atoms with Gasteiger partial charge in [0.1, 0.15) is 5.75 Å². The fourth-order valence-corrected chi connectivity index (χ4v) is 1.93. The smallest absolute Gasteiger partial charge is 0.344 e. The molecule has 0 aromatic heterocycles. The number of benzene rings is 2. The zero-order valence-corrected chi connectivity index (χ0v) is 14.0. The van der Waals surface area contributed by atoms with Crippen LogP contribution in [0, 0.1) is 0 Å². The van der Waals surface area contributed by atoms with Crippen molar-refractivity contribution in [3.63, 3.8) is 0 Å². The maximum absolute atomic E-state index is 11.6. The number of ether oxygens (including phenoxy) is 2. The normalized spacial score (nSPS) is 11.9. The van der Waals surface area contributed by atoms with E-state index in [0.29, 0.717) is 23.6 Å². The number of aliphatic imine (C=N–C) groups is 1. The fraction of sp³-hybridized carbons (Fsp3) is 0.211. The predicted molar refractivity (Wildman–Crippen MR) is 93.8 cm³/mol. The monoisotopic (exact) mass is 341 g/mol. The Morgan fingerprint density at radius 1 is 1.12 bits per heavy atom. The molecule has 1 N–H and O–H groups in total. The lowest BCUT2D eigenvalue weighted by Gasteiger charge is -2.09. The summed E-state index contributed by atoms with van der Waals surface area (Å²) >= 11 is 0. The predicted octanol–water partition coefficient (Wildman–Crippen LogP) is 3.47. The number of rotatable bonds is 7. The number of aliphatic carboxylic acids is 1. The van der Waals surface area contributed by atoms with E-state index in [1.807, 2.05) is 0 Å². The van der Waals surface area contributed by atoms with E-state index >= 15 is 0 Å². The quantitative estimate of drug-likeness (QED) is 0.616. The molecule has 130 valence electrons. The van der Waals surface area contributed by atoms with Crippen LogP contribution in [0.3, 0.4) is 0 Å². The molecule has 0 aliphatic heterocycles. The van der Waals surface area contributed by atoms with Crippen LogP contribution in [0.1, 0.15) is 29.8 Å². The molecule has 0 heterocycles. The summed E-state index contributed by atoms with van der Waals surface area (Å²) in [7, 11) is 0. The number of hydrogen-bond acceptors (Lipinski definition) is 5. The van der Waals surface area contributed by atoms with Crippen LogP contribution in [0.4, 0.5) is 5.69 Å². The summed E-state index contributed by atoms with van der Waals surface area (Å²) < 4.78 is 10.2. The zero-order chi connectivity index (χ0) is 18.2. The van der Waals surface area contributed by atoms with Crippen molar-refractivity contribution < 1.29 is 24.2 Å².